The molecule has 0 aromatic carbocycles. The van der Waals surface area contributed by atoms with Gasteiger partial charge in [-0.3, -0.25) is 4.79 Å². The van der Waals surface area contributed by atoms with Crippen LogP contribution in [0, 0.1) is 29.6 Å². The Balaban J connectivity index is 1.27. The van der Waals surface area contributed by atoms with Crippen molar-refractivity contribution >= 4 is 35.0 Å². The maximum atomic E-state index is 14.1. The standard InChI is InChI=1S/C56H76N4O8/c1-14-40-35(7)42-30-47-49(39(11)61)37(9)44(58-47)28-43-36(8)41(24-25-48(62)67-27-26-34(6)23-17-22-33(5)21-16-20-32(4)19-15-18-31(2)3)52(59-43)51-53-50(38(10)45(60-53)29-46(40)57-42)54(63)68-56(51,66-13)55(64)65-12/h26,28-33,36,41,59,61H,14-25,27H2,1-13H3/b34-26+,42-30?,43-28?,45-29?,49-39+,52-51?/t32-,33-,36+,41+,56?/m1/s1. The molecule has 0 aromatic rings. The smallest absolute Gasteiger partial charge is 0.385 e. The van der Waals surface area contributed by atoms with E-state index >= 15 is 0 Å². The second kappa shape index (κ2) is 22.4. The van der Waals surface area contributed by atoms with Crippen LogP contribution in [0.5, 0.6) is 0 Å². The molecule has 8 bridgehead atoms. The molecule has 0 radical (unpaired) electrons. The molecule has 0 aliphatic carbocycles. The normalized spacial score (nSPS) is 24.1. The molecule has 12 nitrogen and oxygen atoms in total. The molecule has 0 saturated carbocycles. The van der Waals surface area contributed by atoms with E-state index < -0.39 is 23.6 Å². The Bertz CT molecular complexity index is 2440. The number of hydrogen-bond acceptors (Lipinski definition) is 12. The van der Waals surface area contributed by atoms with Crippen molar-refractivity contribution in [2.45, 2.75) is 159 Å². The molecule has 368 valence electrons. The number of aliphatic imine (C=N–C) groups is 3. The Morgan fingerprint density at radius 3 is 2.15 bits per heavy atom. The molecule has 0 amide bonds. The molecule has 6 rings (SSSR count). The summed E-state index contributed by atoms with van der Waals surface area (Å²) in [6.07, 6.45) is 19.9. The van der Waals surface area contributed by atoms with Gasteiger partial charge in [0.1, 0.15) is 6.61 Å². The van der Waals surface area contributed by atoms with Gasteiger partial charge in [-0.05, 0) is 125 Å². The minimum Gasteiger partial charge on any atom is -0.512 e. The SMILES string of the molecule is CCC1=C(C)C2=CC3=NC(=C(C)/C3=C(/C)O)C=C3NC(=C4C5=NC(=CC1=N2)C(C)=C5C(=O)OC4(OC)C(=O)OC)[C@@H](CCC(=O)OC/C=C(\C)CCC[C@H](C)CCC[C@H](C)CCCC(C)C)[C@@H]3C. The monoisotopic (exact) mass is 933 g/mol. The van der Waals surface area contributed by atoms with Gasteiger partial charge in [-0.1, -0.05) is 92.1 Å². The van der Waals surface area contributed by atoms with Gasteiger partial charge in [0.25, 0.3) is 0 Å². The Hall–Kier alpha value is -5.36. The van der Waals surface area contributed by atoms with Crippen LogP contribution in [0.4, 0.5) is 0 Å². The Morgan fingerprint density at radius 2 is 1.51 bits per heavy atom. The zero-order valence-corrected chi connectivity index (χ0v) is 43.0. The summed E-state index contributed by atoms with van der Waals surface area (Å²) < 4.78 is 23.1. The number of allylic oxidation sites excluding steroid dienone is 12. The van der Waals surface area contributed by atoms with Crippen LogP contribution in [0.1, 0.15) is 153 Å². The fraction of sp³-hybridized carbons (Fsp3) is 0.571. The summed E-state index contributed by atoms with van der Waals surface area (Å²) in [6, 6.07) is 0. The van der Waals surface area contributed by atoms with Crippen LogP contribution in [0.3, 0.4) is 0 Å². The topological polar surface area (TPSA) is 157 Å². The van der Waals surface area contributed by atoms with E-state index in [-0.39, 0.29) is 47.5 Å². The van der Waals surface area contributed by atoms with Gasteiger partial charge in [0.15, 0.2) is 0 Å². The second-order valence-corrected chi connectivity index (χ2v) is 20.2. The lowest BCUT2D eigenvalue weighted by Gasteiger charge is -2.37. The third kappa shape index (κ3) is 11.1. The molecule has 6 aliphatic heterocycles. The largest absolute Gasteiger partial charge is 0.512 e. The Kier molecular flexibility index (Phi) is 17.1. The molecule has 1 unspecified atom stereocenters. The molecule has 0 spiro atoms. The molecule has 0 aromatic heterocycles. The molecule has 2 saturated heterocycles. The number of esters is 3. The van der Waals surface area contributed by atoms with Gasteiger partial charge in [-0.25, -0.2) is 24.6 Å². The molecule has 2 N–H and O–H groups in total. The number of cyclic esters (lactones) is 1. The number of hydrogen-bond donors (Lipinski definition) is 2. The number of aliphatic hydroxyl groups is 1. The van der Waals surface area contributed by atoms with Crippen LogP contribution in [0.15, 0.2) is 118 Å². The number of fused-ring (bicyclic) bond motifs is 5. The van der Waals surface area contributed by atoms with Crippen molar-refractivity contribution in [3.8, 4) is 0 Å². The molecule has 68 heavy (non-hydrogen) atoms. The van der Waals surface area contributed by atoms with Crippen molar-refractivity contribution < 1.29 is 38.4 Å². The first-order chi connectivity index (χ1) is 32.3. The van der Waals surface area contributed by atoms with Gasteiger partial charge in [0.2, 0.25) is 0 Å². The average molecular weight is 933 g/mol. The summed E-state index contributed by atoms with van der Waals surface area (Å²) in [5.41, 5.74) is 9.98. The van der Waals surface area contributed by atoms with E-state index in [1.165, 1.54) is 64.7 Å². The summed E-state index contributed by atoms with van der Waals surface area (Å²) in [4.78, 5) is 56.8. The summed E-state index contributed by atoms with van der Waals surface area (Å²) in [6.45, 7) is 23.1. The van der Waals surface area contributed by atoms with Crippen molar-refractivity contribution in [1.29, 1.82) is 0 Å². The lowest BCUT2D eigenvalue weighted by molar-refractivity contribution is -0.219. The van der Waals surface area contributed by atoms with Gasteiger partial charge < -0.3 is 29.4 Å². The molecule has 6 aliphatic rings. The Morgan fingerprint density at radius 1 is 0.868 bits per heavy atom. The highest BCUT2D eigenvalue weighted by Crippen LogP contribution is 2.48. The first-order valence-corrected chi connectivity index (χ1v) is 25.0. The first-order valence-electron chi connectivity index (χ1n) is 25.0. The van der Waals surface area contributed by atoms with Crippen LogP contribution in [0.2, 0.25) is 0 Å². The number of rotatable bonds is 20. The van der Waals surface area contributed by atoms with E-state index in [1.807, 2.05) is 45.1 Å². The van der Waals surface area contributed by atoms with Crippen LogP contribution in [-0.4, -0.2) is 66.8 Å². The fourth-order valence-electron chi connectivity index (χ4n) is 10.4. The van der Waals surface area contributed by atoms with E-state index in [0.717, 1.165) is 47.1 Å². The van der Waals surface area contributed by atoms with Crippen molar-refractivity contribution in [2.75, 3.05) is 20.8 Å². The van der Waals surface area contributed by atoms with Crippen molar-refractivity contribution in [3.05, 3.63) is 103 Å². The number of ether oxygens (including phenoxy) is 4. The summed E-state index contributed by atoms with van der Waals surface area (Å²) >= 11 is 0. The predicted molar refractivity (Wildman–Crippen MR) is 270 cm³/mol. The van der Waals surface area contributed by atoms with Gasteiger partial charge in [-0.2, -0.15) is 0 Å². The van der Waals surface area contributed by atoms with Crippen LogP contribution < -0.4 is 5.32 Å². The predicted octanol–water partition coefficient (Wildman–Crippen LogP) is 12.1. The van der Waals surface area contributed by atoms with E-state index in [1.54, 1.807) is 13.8 Å². The summed E-state index contributed by atoms with van der Waals surface area (Å²) in [5, 5.41) is 14.6. The summed E-state index contributed by atoms with van der Waals surface area (Å²) in [7, 11) is 2.49. The van der Waals surface area contributed by atoms with Crippen LogP contribution >= 0.6 is 0 Å². The van der Waals surface area contributed by atoms with Crippen molar-refractivity contribution in [3.63, 3.8) is 0 Å². The first kappa shape index (κ1) is 52.0. The molecule has 5 atom stereocenters. The molecular weight excluding hydrogens is 857 g/mol. The van der Waals surface area contributed by atoms with Gasteiger partial charge in [0, 0.05) is 42.3 Å². The molecule has 12 heteroatoms. The lowest BCUT2D eigenvalue weighted by Crippen LogP contribution is -2.55. The zero-order valence-electron chi connectivity index (χ0n) is 43.0. The fourth-order valence-corrected chi connectivity index (χ4v) is 10.4. The number of nitrogens with zero attached hydrogens (tertiary/aromatic N) is 3. The molecule has 6 heterocycles. The highest BCUT2D eigenvalue weighted by molar-refractivity contribution is 6.34. The molecular formula is C56H76N4O8. The number of nitrogens with one attached hydrogen (secondary N) is 1. The van der Waals surface area contributed by atoms with Crippen molar-refractivity contribution in [2.24, 2.45) is 44.6 Å². The maximum Gasteiger partial charge on any atom is 0.385 e. The third-order valence-electron chi connectivity index (χ3n) is 14.7. The number of carbonyl (C=O) groups is 3. The molecule has 2 fully saturated rings. The van der Waals surface area contributed by atoms with Gasteiger partial charge in [0.05, 0.1) is 58.2 Å². The number of carbonyl (C=O) groups excluding carboxylic acids is 3. The highest BCUT2D eigenvalue weighted by atomic mass is 16.7. The summed E-state index contributed by atoms with van der Waals surface area (Å²) in [5.74, 6) is -2.73. The van der Waals surface area contributed by atoms with Crippen molar-refractivity contribution in [1.82, 2.24) is 5.32 Å². The minimum atomic E-state index is -2.33. The zero-order chi connectivity index (χ0) is 49.6. The minimum absolute atomic E-state index is 0.0678. The van der Waals surface area contributed by atoms with E-state index in [0.29, 0.717) is 64.1 Å². The second-order valence-electron chi connectivity index (χ2n) is 20.2. The quantitative estimate of drug-likeness (QED) is 0.0525. The average Bonchev–Trinajstić information content (AvgIpc) is 3.97. The van der Waals surface area contributed by atoms with Gasteiger partial charge >= 0.3 is 23.7 Å². The number of methoxy groups -OCH3 is 2. The van der Waals surface area contributed by atoms with Crippen LogP contribution in [-0.2, 0) is 33.3 Å². The van der Waals surface area contributed by atoms with E-state index in [4.69, 9.17) is 33.9 Å². The maximum absolute atomic E-state index is 14.1. The highest BCUT2D eigenvalue weighted by Gasteiger charge is 2.59. The van der Waals surface area contributed by atoms with E-state index in [2.05, 4.69) is 46.9 Å². The van der Waals surface area contributed by atoms with E-state index in [9.17, 15) is 19.5 Å². The third-order valence-corrected chi connectivity index (χ3v) is 14.7. The Labute approximate surface area is 405 Å². The van der Waals surface area contributed by atoms with Gasteiger partial charge in [-0.15, -0.1) is 0 Å². The number of aliphatic hydroxyl groups excluding tert-OH is 1. The van der Waals surface area contributed by atoms with Crippen LogP contribution in [0.25, 0.3) is 0 Å². The lowest BCUT2D eigenvalue weighted by atomic mass is 9.82.